The van der Waals surface area contributed by atoms with Crippen LogP contribution in [0.2, 0.25) is 0 Å². The van der Waals surface area contributed by atoms with Crippen LogP contribution in [0.15, 0.2) is 18.2 Å². The molecule has 1 aromatic carbocycles. The largest absolute Gasteiger partial charge is 0.495 e. The summed E-state index contributed by atoms with van der Waals surface area (Å²) in [6.07, 6.45) is 0.477. The van der Waals surface area contributed by atoms with Crippen molar-refractivity contribution in [2.45, 2.75) is 6.42 Å². The van der Waals surface area contributed by atoms with Gasteiger partial charge < -0.3 is 15.4 Å². The van der Waals surface area contributed by atoms with Gasteiger partial charge >= 0.3 is 0 Å². The molecule has 1 aliphatic heterocycles. The van der Waals surface area contributed by atoms with Crippen LogP contribution in [-0.2, 0) is 4.79 Å². The highest BCUT2D eigenvalue weighted by atomic mass is 16.5. The van der Waals surface area contributed by atoms with Crippen molar-refractivity contribution in [2.75, 3.05) is 25.1 Å². The maximum atomic E-state index is 11.9. The van der Waals surface area contributed by atoms with Crippen molar-refractivity contribution >= 4 is 11.6 Å². The van der Waals surface area contributed by atoms with E-state index in [4.69, 9.17) is 15.7 Å². The summed E-state index contributed by atoms with van der Waals surface area (Å²) >= 11 is 0. The Morgan fingerprint density at radius 3 is 2.94 bits per heavy atom. The average molecular weight is 245 g/mol. The first-order chi connectivity index (χ1) is 8.69. The van der Waals surface area contributed by atoms with Crippen LogP contribution in [0.5, 0.6) is 5.75 Å². The topological polar surface area (TPSA) is 79.3 Å². The number of hydrogen-bond acceptors (Lipinski definition) is 4. The van der Waals surface area contributed by atoms with Gasteiger partial charge in [0.05, 0.1) is 12.7 Å². The minimum Gasteiger partial charge on any atom is -0.495 e. The van der Waals surface area contributed by atoms with E-state index in [0.29, 0.717) is 30.8 Å². The minimum atomic E-state index is 0.0551. The van der Waals surface area contributed by atoms with Gasteiger partial charge in [0.1, 0.15) is 11.8 Å². The second-order valence-corrected chi connectivity index (χ2v) is 4.31. The van der Waals surface area contributed by atoms with Crippen molar-refractivity contribution < 1.29 is 9.53 Å². The molecule has 0 aliphatic carbocycles. The Kier molecular flexibility index (Phi) is 3.49. The summed E-state index contributed by atoms with van der Waals surface area (Å²) in [4.78, 5) is 13.5. The van der Waals surface area contributed by atoms with E-state index in [1.54, 1.807) is 23.1 Å². The molecule has 18 heavy (non-hydrogen) atoms. The van der Waals surface area contributed by atoms with Crippen molar-refractivity contribution in [2.24, 2.45) is 11.7 Å². The molecule has 0 aromatic heterocycles. The molecule has 1 heterocycles. The molecule has 1 amide bonds. The van der Waals surface area contributed by atoms with Crippen molar-refractivity contribution in [3.05, 3.63) is 23.8 Å². The number of rotatable bonds is 3. The van der Waals surface area contributed by atoms with E-state index in [-0.39, 0.29) is 11.8 Å². The smallest absolute Gasteiger partial charge is 0.227 e. The third kappa shape index (κ3) is 2.15. The monoisotopic (exact) mass is 245 g/mol. The number of nitrogens with two attached hydrogens (primary N) is 1. The SMILES string of the molecule is COc1ccc(N2CC(CN)CC2=O)cc1C#N. The molecule has 1 aliphatic rings. The number of benzene rings is 1. The maximum Gasteiger partial charge on any atom is 0.227 e. The molecule has 1 aromatic rings. The Hall–Kier alpha value is -2.06. The lowest BCUT2D eigenvalue weighted by Crippen LogP contribution is -2.25. The summed E-state index contributed by atoms with van der Waals surface area (Å²) in [7, 11) is 1.52. The molecule has 94 valence electrons. The number of methoxy groups -OCH3 is 1. The number of ether oxygens (including phenoxy) is 1. The van der Waals surface area contributed by atoms with Gasteiger partial charge in [-0.25, -0.2) is 0 Å². The molecule has 2 N–H and O–H groups in total. The molecule has 5 nitrogen and oxygen atoms in total. The van der Waals surface area contributed by atoms with Gasteiger partial charge in [0, 0.05) is 18.7 Å². The molecule has 1 atom stereocenters. The first-order valence-corrected chi connectivity index (χ1v) is 5.78. The van der Waals surface area contributed by atoms with E-state index in [1.807, 2.05) is 0 Å². The standard InChI is InChI=1S/C13H15N3O2/c1-18-12-3-2-11(5-10(12)7-15)16-8-9(6-14)4-13(16)17/h2-3,5,9H,4,6,8,14H2,1H3. The van der Waals surface area contributed by atoms with Crippen LogP contribution >= 0.6 is 0 Å². The van der Waals surface area contributed by atoms with E-state index in [0.717, 1.165) is 5.69 Å². The molecule has 1 unspecified atom stereocenters. The third-order valence-electron chi connectivity index (χ3n) is 3.15. The van der Waals surface area contributed by atoms with Crippen LogP contribution in [-0.4, -0.2) is 26.1 Å². The fourth-order valence-corrected chi connectivity index (χ4v) is 2.14. The summed E-state index contributed by atoms with van der Waals surface area (Å²) in [6.45, 7) is 1.12. The first kappa shape index (κ1) is 12.4. The number of carbonyl (C=O) groups excluding carboxylic acids is 1. The van der Waals surface area contributed by atoms with Crippen LogP contribution in [0.25, 0.3) is 0 Å². The fraction of sp³-hybridized carbons (Fsp3) is 0.385. The van der Waals surface area contributed by atoms with Gasteiger partial charge in [0.15, 0.2) is 0 Å². The fourth-order valence-electron chi connectivity index (χ4n) is 2.14. The van der Waals surface area contributed by atoms with E-state index in [2.05, 4.69) is 6.07 Å². The van der Waals surface area contributed by atoms with Crippen molar-refractivity contribution in [1.29, 1.82) is 5.26 Å². The third-order valence-corrected chi connectivity index (χ3v) is 3.15. The highest BCUT2D eigenvalue weighted by Gasteiger charge is 2.29. The summed E-state index contributed by atoms with van der Waals surface area (Å²) in [5.74, 6) is 0.771. The Labute approximate surface area is 106 Å². The van der Waals surface area contributed by atoms with Gasteiger partial charge in [-0.3, -0.25) is 4.79 Å². The lowest BCUT2D eigenvalue weighted by Gasteiger charge is -2.17. The van der Waals surface area contributed by atoms with Gasteiger partial charge in [-0.2, -0.15) is 5.26 Å². The molecule has 0 saturated carbocycles. The number of hydrogen-bond donors (Lipinski definition) is 1. The van der Waals surface area contributed by atoms with Crippen LogP contribution in [0.1, 0.15) is 12.0 Å². The summed E-state index contributed by atoms with van der Waals surface area (Å²) in [6, 6.07) is 7.23. The molecule has 0 radical (unpaired) electrons. The van der Waals surface area contributed by atoms with Gasteiger partial charge in [-0.05, 0) is 30.7 Å². The second kappa shape index (κ2) is 5.07. The Morgan fingerprint density at radius 1 is 1.61 bits per heavy atom. The highest BCUT2D eigenvalue weighted by Crippen LogP contribution is 2.28. The van der Waals surface area contributed by atoms with Crippen molar-refractivity contribution in [3.8, 4) is 11.8 Å². The van der Waals surface area contributed by atoms with Gasteiger partial charge in [-0.15, -0.1) is 0 Å². The zero-order valence-corrected chi connectivity index (χ0v) is 10.2. The molecule has 0 spiro atoms. The van der Waals surface area contributed by atoms with E-state index in [9.17, 15) is 4.79 Å². The van der Waals surface area contributed by atoms with Crippen LogP contribution in [0.3, 0.4) is 0 Å². The Balaban J connectivity index is 2.30. The predicted octanol–water partition coefficient (Wildman–Crippen LogP) is 0.878. The zero-order valence-electron chi connectivity index (χ0n) is 10.2. The molecular weight excluding hydrogens is 230 g/mol. The lowest BCUT2D eigenvalue weighted by atomic mass is 10.1. The first-order valence-electron chi connectivity index (χ1n) is 5.78. The molecule has 1 saturated heterocycles. The number of amides is 1. The van der Waals surface area contributed by atoms with Gasteiger partial charge in [-0.1, -0.05) is 0 Å². The average Bonchev–Trinajstić information content (AvgIpc) is 2.79. The molecular formula is C13H15N3O2. The summed E-state index contributed by atoms with van der Waals surface area (Å²) in [5.41, 5.74) is 6.75. The van der Waals surface area contributed by atoms with E-state index in [1.165, 1.54) is 7.11 Å². The Bertz CT molecular complexity index is 507. The predicted molar refractivity (Wildman–Crippen MR) is 67.2 cm³/mol. The highest BCUT2D eigenvalue weighted by molar-refractivity contribution is 5.96. The van der Waals surface area contributed by atoms with E-state index < -0.39 is 0 Å². The van der Waals surface area contributed by atoms with Crippen LogP contribution in [0.4, 0.5) is 5.69 Å². The lowest BCUT2D eigenvalue weighted by molar-refractivity contribution is -0.117. The second-order valence-electron chi connectivity index (χ2n) is 4.31. The number of nitrogens with zero attached hydrogens (tertiary/aromatic N) is 2. The number of anilines is 1. The molecule has 0 bridgehead atoms. The maximum absolute atomic E-state index is 11.9. The van der Waals surface area contributed by atoms with Gasteiger partial charge in [0.2, 0.25) is 5.91 Å². The van der Waals surface area contributed by atoms with E-state index >= 15 is 0 Å². The van der Waals surface area contributed by atoms with Gasteiger partial charge in [0.25, 0.3) is 0 Å². The minimum absolute atomic E-state index is 0.0551. The summed E-state index contributed by atoms with van der Waals surface area (Å²) in [5, 5.41) is 9.03. The quantitative estimate of drug-likeness (QED) is 0.857. The van der Waals surface area contributed by atoms with Crippen LogP contribution < -0.4 is 15.4 Å². The molecule has 2 rings (SSSR count). The van der Waals surface area contributed by atoms with Crippen LogP contribution in [0, 0.1) is 17.2 Å². The molecule has 5 heteroatoms. The number of nitriles is 1. The number of carbonyl (C=O) groups is 1. The van der Waals surface area contributed by atoms with Crippen molar-refractivity contribution in [3.63, 3.8) is 0 Å². The zero-order chi connectivity index (χ0) is 13.1. The van der Waals surface area contributed by atoms with Crippen molar-refractivity contribution in [1.82, 2.24) is 0 Å². The Morgan fingerprint density at radius 2 is 2.39 bits per heavy atom. The summed E-state index contributed by atoms with van der Waals surface area (Å²) < 4.78 is 5.08. The molecule has 1 fully saturated rings. The normalized spacial score (nSPS) is 18.8.